The van der Waals surface area contributed by atoms with Gasteiger partial charge in [0.15, 0.2) is 0 Å². The molecule has 0 fully saturated rings. The number of hydrogen-bond acceptors (Lipinski definition) is 5. The molecule has 0 spiro atoms. The highest BCUT2D eigenvalue weighted by Crippen LogP contribution is 2.14. The number of methoxy groups -OCH3 is 1. The van der Waals surface area contributed by atoms with E-state index >= 15 is 0 Å². The van der Waals surface area contributed by atoms with E-state index in [1.807, 2.05) is 0 Å². The second-order valence-corrected chi connectivity index (χ2v) is 2.87. The van der Waals surface area contributed by atoms with Crippen molar-refractivity contribution in [3.63, 3.8) is 0 Å². The van der Waals surface area contributed by atoms with Crippen LogP contribution in [0.25, 0.3) is 0 Å². The van der Waals surface area contributed by atoms with Crippen molar-refractivity contribution in [2.24, 2.45) is 0 Å². The summed E-state index contributed by atoms with van der Waals surface area (Å²) in [7, 11) is 0.0853. The van der Waals surface area contributed by atoms with Crippen LogP contribution < -0.4 is 10.2 Å². The first kappa shape index (κ1) is 11.3. The van der Waals surface area contributed by atoms with Crippen LogP contribution in [0.5, 0.6) is 5.75 Å². The quantitative estimate of drug-likeness (QED) is 0.449. The van der Waals surface area contributed by atoms with E-state index in [-0.39, 0.29) is 5.46 Å². The average molecular weight is 218 g/mol. The van der Waals surface area contributed by atoms with Crippen molar-refractivity contribution in [3.05, 3.63) is 23.2 Å². The monoisotopic (exact) mass is 218 g/mol. The highest BCUT2D eigenvalue weighted by molar-refractivity contribution is 6.62. The second kappa shape index (κ2) is 5.18. The molecule has 0 aliphatic rings. The van der Waals surface area contributed by atoms with Gasteiger partial charge in [0.2, 0.25) is 0 Å². The van der Waals surface area contributed by atoms with Gasteiger partial charge < -0.3 is 4.74 Å². The van der Waals surface area contributed by atoms with Crippen molar-refractivity contribution in [1.29, 1.82) is 0 Å². The molecule has 0 heterocycles. The summed E-state index contributed by atoms with van der Waals surface area (Å²) in [6, 6.07) is 4.59. The maximum Gasteiger partial charge on any atom is 0.557 e. The van der Waals surface area contributed by atoms with Crippen LogP contribution in [0, 0.1) is 0 Å². The molecule has 0 bridgehead atoms. The fourth-order valence-corrected chi connectivity index (χ4v) is 1.20. The summed E-state index contributed by atoms with van der Waals surface area (Å²) >= 11 is 5.70. The Hall–Kier alpha value is -0.785. The van der Waals surface area contributed by atoms with Crippen molar-refractivity contribution < 1.29 is 24.9 Å². The third-order valence-electron chi connectivity index (χ3n) is 1.64. The zero-order valence-corrected chi connectivity index (χ0v) is 8.06. The van der Waals surface area contributed by atoms with Crippen molar-refractivity contribution in [1.82, 2.24) is 0 Å². The molecule has 0 aromatic heterocycles. The Kier molecular flexibility index (Phi) is 4.18. The van der Waals surface area contributed by atoms with Gasteiger partial charge in [-0.1, -0.05) is 11.6 Å². The van der Waals surface area contributed by atoms with Gasteiger partial charge in [-0.05, 0) is 18.2 Å². The van der Waals surface area contributed by atoms with Gasteiger partial charge in [0.1, 0.15) is 5.75 Å². The summed E-state index contributed by atoms with van der Waals surface area (Å²) in [5.74, 6) is 0.377. The average Bonchev–Trinajstić information content (AvgIpc) is 2.20. The zero-order chi connectivity index (χ0) is 10.6. The van der Waals surface area contributed by atoms with Crippen molar-refractivity contribution >= 4 is 24.2 Å². The van der Waals surface area contributed by atoms with Gasteiger partial charge in [-0.25, -0.2) is 0 Å². The predicted octanol–water partition coefficient (Wildman–Crippen LogP) is 1.02. The van der Waals surface area contributed by atoms with E-state index in [2.05, 4.69) is 9.61 Å². The molecule has 0 atom stereocenters. The molecule has 0 saturated carbocycles. The highest BCUT2D eigenvalue weighted by Gasteiger charge is 2.26. The molecule has 0 amide bonds. The van der Waals surface area contributed by atoms with Crippen molar-refractivity contribution in [2.45, 2.75) is 0 Å². The minimum atomic E-state index is -1.34. The van der Waals surface area contributed by atoms with E-state index in [9.17, 15) is 0 Å². The van der Waals surface area contributed by atoms with E-state index in [4.69, 9.17) is 26.9 Å². The molecule has 14 heavy (non-hydrogen) atoms. The maximum atomic E-state index is 8.41. The SMILES string of the molecule is COc1ccc(Cl)cc1B(OO)OO. The van der Waals surface area contributed by atoms with Crippen molar-refractivity contribution in [3.8, 4) is 5.75 Å². The number of halogens is 1. The van der Waals surface area contributed by atoms with Gasteiger partial charge in [0.05, 0.1) is 7.11 Å². The van der Waals surface area contributed by atoms with E-state index in [1.165, 1.54) is 13.2 Å². The molecule has 0 aliphatic carbocycles. The van der Waals surface area contributed by atoms with Crippen LogP contribution in [0.2, 0.25) is 5.02 Å². The Morgan fingerprint density at radius 3 is 2.43 bits per heavy atom. The first-order chi connectivity index (χ1) is 6.72. The van der Waals surface area contributed by atoms with Gasteiger partial charge in [-0.2, -0.15) is 0 Å². The Labute approximate surface area is 85.8 Å². The number of benzene rings is 1. The topological polar surface area (TPSA) is 68.2 Å². The Balaban J connectivity index is 3.08. The van der Waals surface area contributed by atoms with E-state index in [1.54, 1.807) is 12.1 Å². The molecule has 76 valence electrons. The zero-order valence-electron chi connectivity index (χ0n) is 7.31. The molecule has 1 aromatic rings. The molecule has 0 radical (unpaired) electrons. The third-order valence-corrected chi connectivity index (χ3v) is 1.87. The van der Waals surface area contributed by atoms with Crippen LogP contribution in [0.4, 0.5) is 0 Å². The Bertz CT molecular complexity index is 304. The van der Waals surface area contributed by atoms with Gasteiger partial charge in [0.25, 0.3) is 0 Å². The number of rotatable bonds is 4. The van der Waals surface area contributed by atoms with Gasteiger partial charge in [-0.3, -0.25) is 20.1 Å². The minimum absolute atomic E-state index is 0.282. The molecule has 1 aromatic carbocycles. The Morgan fingerprint density at radius 1 is 1.29 bits per heavy atom. The summed E-state index contributed by atoms with van der Waals surface area (Å²) in [4.78, 5) is 7.74. The first-order valence-corrected chi connectivity index (χ1v) is 4.04. The number of hydrogen-bond donors (Lipinski definition) is 2. The standard InChI is InChI=1S/C7H8BClO5/c1-12-7-3-2-5(9)4-6(7)8(13-10)14-11/h2-4,10-11H,1H3. The predicted molar refractivity (Wildman–Crippen MR) is 50.8 cm³/mol. The van der Waals surface area contributed by atoms with Crippen LogP contribution in [0.15, 0.2) is 18.2 Å². The number of ether oxygens (including phenoxy) is 1. The second-order valence-electron chi connectivity index (χ2n) is 2.43. The van der Waals surface area contributed by atoms with E-state index in [0.29, 0.717) is 10.8 Å². The van der Waals surface area contributed by atoms with E-state index < -0.39 is 7.12 Å². The molecule has 2 N–H and O–H groups in total. The van der Waals surface area contributed by atoms with Crippen LogP contribution in [0.3, 0.4) is 0 Å². The molecular weight excluding hydrogens is 210 g/mol. The minimum Gasteiger partial charge on any atom is -0.497 e. The van der Waals surface area contributed by atoms with Crippen LogP contribution >= 0.6 is 11.6 Å². The summed E-state index contributed by atoms with van der Waals surface area (Å²) in [6.07, 6.45) is 0. The molecule has 7 heteroatoms. The molecular formula is C7H8BClO5. The van der Waals surface area contributed by atoms with Crippen LogP contribution in [-0.2, 0) is 9.61 Å². The molecule has 1 rings (SSSR count). The fourth-order valence-electron chi connectivity index (χ4n) is 1.02. The Morgan fingerprint density at radius 2 is 1.93 bits per heavy atom. The van der Waals surface area contributed by atoms with Crippen molar-refractivity contribution in [2.75, 3.05) is 7.11 Å². The largest absolute Gasteiger partial charge is 0.557 e. The smallest absolute Gasteiger partial charge is 0.497 e. The summed E-state index contributed by atoms with van der Waals surface area (Å²) in [5, 5.41) is 17.2. The first-order valence-electron chi connectivity index (χ1n) is 3.66. The third kappa shape index (κ3) is 2.37. The lowest BCUT2D eigenvalue weighted by atomic mass is 9.79. The molecule has 0 saturated heterocycles. The molecule has 0 aliphatic heterocycles. The lowest BCUT2D eigenvalue weighted by Gasteiger charge is -2.10. The maximum absolute atomic E-state index is 8.41. The van der Waals surface area contributed by atoms with Crippen LogP contribution in [0.1, 0.15) is 0 Å². The highest BCUT2D eigenvalue weighted by atomic mass is 35.5. The lowest BCUT2D eigenvalue weighted by molar-refractivity contribution is -0.221. The van der Waals surface area contributed by atoms with E-state index in [0.717, 1.165) is 0 Å². The van der Waals surface area contributed by atoms with Crippen LogP contribution in [-0.4, -0.2) is 24.7 Å². The van der Waals surface area contributed by atoms with Gasteiger partial charge >= 0.3 is 7.12 Å². The lowest BCUT2D eigenvalue weighted by Crippen LogP contribution is -2.36. The fraction of sp³-hybridized carbons (Fsp3) is 0.143. The summed E-state index contributed by atoms with van der Waals surface area (Å²) < 4.78 is 4.94. The normalized spacial score (nSPS) is 10.0. The molecule has 0 unspecified atom stereocenters. The van der Waals surface area contributed by atoms with Gasteiger partial charge in [0, 0.05) is 10.5 Å². The summed E-state index contributed by atoms with van der Waals surface area (Å²) in [6.45, 7) is 0. The van der Waals surface area contributed by atoms with Gasteiger partial charge in [-0.15, -0.1) is 0 Å². The molecule has 5 nitrogen and oxygen atoms in total. The summed E-state index contributed by atoms with van der Waals surface area (Å²) in [5.41, 5.74) is 0.282.